The Hall–Kier alpha value is -1.30. The fraction of sp³-hybridized carbons (Fsp3) is 0.450. The zero-order chi connectivity index (χ0) is 17.5. The van der Waals surface area contributed by atoms with Gasteiger partial charge in [-0.15, -0.1) is 0 Å². The minimum absolute atomic E-state index is 0.922. The van der Waals surface area contributed by atoms with E-state index in [1.54, 1.807) is 0 Å². The van der Waals surface area contributed by atoms with Gasteiger partial charge in [0.2, 0.25) is 0 Å². The molecule has 1 fully saturated rings. The molecule has 3 rings (SSSR count). The van der Waals surface area contributed by atoms with E-state index in [4.69, 9.17) is 12.2 Å². The number of rotatable bonds is 6. The molecule has 5 heteroatoms. The summed E-state index contributed by atoms with van der Waals surface area (Å²) in [6, 6.07) is 15.3. The lowest BCUT2D eigenvalue weighted by molar-refractivity contribution is 0.175. The monoisotopic (exact) mass is 373 g/mol. The Morgan fingerprint density at radius 2 is 1.84 bits per heavy atom. The summed E-state index contributed by atoms with van der Waals surface area (Å²) in [6.45, 7) is 6.16. The van der Waals surface area contributed by atoms with Crippen LogP contribution in [0.5, 0.6) is 0 Å². The molecule has 1 heterocycles. The third-order valence-corrected chi connectivity index (χ3v) is 5.83. The van der Waals surface area contributed by atoms with Gasteiger partial charge in [-0.2, -0.15) is 11.8 Å². The largest absolute Gasteiger partial charge is 0.363 e. The average molecular weight is 374 g/mol. The molecule has 0 amide bonds. The highest BCUT2D eigenvalue weighted by molar-refractivity contribution is 7.98. The molecule has 0 spiro atoms. The summed E-state index contributed by atoms with van der Waals surface area (Å²) in [5.74, 6) is 1.19. The number of piperazine rings is 1. The lowest BCUT2D eigenvalue weighted by atomic mass is 10.0. The van der Waals surface area contributed by atoms with Gasteiger partial charge in [-0.05, 0) is 47.0 Å². The number of thiocarbonyl (C=S) groups is 1. The van der Waals surface area contributed by atoms with E-state index >= 15 is 0 Å². The van der Waals surface area contributed by atoms with Crippen LogP contribution in [0.4, 0.5) is 0 Å². The molecule has 25 heavy (non-hydrogen) atoms. The number of nitrogens with one attached hydrogen (secondary N) is 1. The Balaban J connectivity index is 1.50. The van der Waals surface area contributed by atoms with Gasteiger partial charge in [0.15, 0.2) is 5.11 Å². The molecular weight excluding hydrogens is 346 g/mol. The van der Waals surface area contributed by atoms with Crippen LogP contribution in [-0.4, -0.2) is 59.6 Å². The maximum Gasteiger partial charge on any atom is 0.169 e. The van der Waals surface area contributed by atoms with Gasteiger partial charge < -0.3 is 10.2 Å². The molecule has 2 aromatic carbocycles. The van der Waals surface area contributed by atoms with E-state index in [0.29, 0.717) is 0 Å². The normalized spacial score (nSPS) is 15.5. The van der Waals surface area contributed by atoms with Crippen molar-refractivity contribution >= 4 is 39.9 Å². The van der Waals surface area contributed by atoms with Gasteiger partial charge in [0, 0.05) is 39.3 Å². The lowest BCUT2D eigenvalue weighted by Gasteiger charge is -2.36. The number of hydrogen-bond acceptors (Lipinski definition) is 3. The van der Waals surface area contributed by atoms with E-state index in [0.717, 1.165) is 44.4 Å². The van der Waals surface area contributed by atoms with Crippen LogP contribution in [0.1, 0.15) is 12.0 Å². The Bertz CT molecular complexity index is 691. The summed E-state index contributed by atoms with van der Waals surface area (Å²) < 4.78 is 0. The van der Waals surface area contributed by atoms with Crippen molar-refractivity contribution in [2.45, 2.75) is 13.0 Å². The van der Waals surface area contributed by atoms with Crippen molar-refractivity contribution in [2.24, 2.45) is 0 Å². The second-order valence-electron chi connectivity index (χ2n) is 6.48. The quantitative estimate of drug-likeness (QED) is 0.614. The van der Waals surface area contributed by atoms with Gasteiger partial charge >= 0.3 is 0 Å². The second kappa shape index (κ2) is 9.41. The molecule has 0 bridgehead atoms. The fourth-order valence-electron chi connectivity index (χ4n) is 3.30. The third kappa shape index (κ3) is 5.09. The molecule has 134 valence electrons. The summed E-state index contributed by atoms with van der Waals surface area (Å²) in [5.41, 5.74) is 1.42. The van der Waals surface area contributed by atoms with Crippen LogP contribution >= 0.6 is 24.0 Å². The number of nitrogens with zero attached hydrogens (tertiary/aromatic N) is 2. The van der Waals surface area contributed by atoms with Gasteiger partial charge in [0.1, 0.15) is 0 Å². The van der Waals surface area contributed by atoms with Crippen molar-refractivity contribution in [3.63, 3.8) is 0 Å². The SMILES string of the molecule is CSCCCNC(=S)N1CCN(Cc2cccc3ccccc23)CC1. The van der Waals surface area contributed by atoms with Crippen molar-refractivity contribution in [3.05, 3.63) is 48.0 Å². The number of benzene rings is 2. The highest BCUT2D eigenvalue weighted by Crippen LogP contribution is 2.20. The molecule has 0 aliphatic carbocycles. The van der Waals surface area contributed by atoms with E-state index in [9.17, 15) is 0 Å². The van der Waals surface area contributed by atoms with Crippen molar-refractivity contribution in [3.8, 4) is 0 Å². The molecule has 2 aromatic rings. The first-order valence-corrected chi connectivity index (χ1v) is 10.8. The standard InChI is InChI=1S/C20H27N3S2/c1-25-15-5-10-21-20(24)23-13-11-22(12-14-23)16-18-8-4-7-17-6-2-3-9-19(17)18/h2-4,6-9H,5,10-16H2,1H3,(H,21,24). The van der Waals surface area contributed by atoms with Crippen LogP contribution in [0.3, 0.4) is 0 Å². The molecule has 1 aliphatic rings. The summed E-state index contributed by atoms with van der Waals surface area (Å²) in [6.07, 6.45) is 3.32. The van der Waals surface area contributed by atoms with Crippen LogP contribution in [-0.2, 0) is 6.54 Å². The second-order valence-corrected chi connectivity index (χ2v) is 7.85. The number of fused-ring (bicyclic) bond motifs is 1. The smallest absolute Gasteiger partial charge is 0.169 e. The van der Waals surface area contributed by atoms with Gasteiger partial charge in [0.05, 0.1) is 0 Å². The number of thioether (sulfide) groups is 1. The summed E-state index contributed by atoms with van der Waals surface area (Å²) in [5, 5.41) is 7.03. The zero-order valence-corrected chi connectivity index (χ0v) is 16.5. The fourth-order valence-corrected chi connectivity index (χ4v) is 4.02. The highest BCUT2D eigenvalue weighted by atomic mass is 32.2. The molecule has 0 atom stereocenters. The van der Waals surface area contributed by atoms with Crippen molar-refractivity contribution in [1.29, 1.82) is 0 Å². The molecule has 1 saturated heterocycles. The molecule has 1 aliphatic heterocycles. The summed E-state index contributed by atoms with van der Waals surface area (Å²) in [4.78, 5) is 4.85. The first-order valence-electron chi connectivity index (χ1n) is 8.98. The van der Waals surface area contributed by atoms with Gasteiger partial charge in [-0.25, -0.2) is 0 Å². The molecule has 0 aromatic heterocycles. The van der Waals surface area contributed by atoms with Crippen molar-refractivity contribution < 1.29 is 0 Å². The van der Waals surface area contributed by atoms with Gasteiger partial charge in [0.25, 0.3) is 0 Å². The van der Waals surface area contributed by atoms with Crippen LogP contribution in [0, 0.1) is 0 Å². The van der Waals surface area contributed by atoms with Crippen LogP contribution in [0.15, 0.2) is 42.5 Å². The minimum atomic E-state index is 0.922. The average Bonchev–Trinajstić information content (AvgIpc) is 2.66. The van der Waals surface area contributed by atoms with Crippen LogP contribution in [0.25, 0.3) is 10.8 Å². The van der Waals surface area contributed by atoms with Crippen molar-refractivity contribution in [2.75, 3.05) is 44.7 Å². The molecule has 1 N–H and O–H groups in total. The maximum absolute atomic E-state index is 5.54. The van der Waals surface area contributed by atoms with Gasteiger partial charge in [-0.1, -0.05) is 42.5 Å². The molecule has 0 saturated carbocycles. The van der Waals surface area contributed by atoms with Crippen LogP contribution in [0.2, 0.25) is 0 Å². The van der Waals surface area contributed by atoms with Gasteiger partial charge in [-0.3, -0.25) is 4.90 Å². The van der Waals surface area contributed by atoms with Crippen molar-refractivity contribution in [1.82, 2.24) is 15.1 Å². The Morgan fingerprint density at radius 1 is 1.08 bits per heavy atom. The maximum atomic E-state index is 5.54. The topological polar surface area (TPSA) is 18.5 Å². The minimum Gasteiger partial charge on any atom is -0.363 e. The third-order valence-electron chi connectivity index (χ3n) is 4.73. The Morgan fingerprint density at radius 3 is 2.64 bits per heavy atom. The molecular formula is C20H27N3S2. The van der Waals surface area contributed by atoms with E-state index in [1.807, 2.05) is 11.8 Å². The van der Waals surface area contributed by atoms with E-state index in [-0.39, 0.29) is 0 Å². The Labute approximate surface area is 160 Å². The van der Waals surface area contributed by atoms with Crippen LogP contribution < -0.4 is 5.32 Å². The molecule has 0 unspecified atom stereocenters. The molecule has 0 radical (unpaired) electrons. The summed E-state index contributed by atoms with van der Waals surface area (Å²) in [7, 11) is 0. The van der Waals surface area contributed by atoms with E-state index in [2.05, 4.69) is 63.8 Å². The lowest BCUT2D eigenvalue weighted by Crippen LogP contribution is -2.51. The predicted molar refractivity (Wildman–Crippen MR) is 114 cm³/mol. The Kier molecular flexibility index (Phi) is 6.96. The highest BCUT2D eigenvalue weighted by Gasteiger charge is 2.19. The van der Waals surface area contributed by atoms with E-state index in [1.165, 1.54) is 28.5 Å². The summed E-state index contributed by atoms with van der Waals surface area (Å²) >= 11 is 7.43. The van der Waals surface area contributed by atoms with E-state index < -0.39 is 0 Å². The zero-order valence-electron chi connectivity index (χ0n) is 14.9. The first kappa shape index (κ1) is 18.5. The number of hydrogen-bond donors (Lipinski definition) is 1. The first-order chi connectivity index (χ1) is 12.3. The predicted octanol–water partition coefficient (Wildman–Crippen LogP) is 3.59. The molecule has 3 nitrogen and oxygen atoms in total.